The van der Waals surface area contributed by atoms with Crippen LogP contribution in [0.25, 0.3) is 0 Å². The molecular formula is C19H21NO4S. The highest BCUT2D eigenvalue weighted by Gasteiger charge is 2.32. The monoisotopic (exact) mass is 359 g/mol. The smallest absolute Gasteiger partial charge is 0.243 e. The zero-order chi connectivity index (χ0) is 17.9. The summed E-state index contributed by atoms with van der Waals surface area (Å²) >= 11 is 0. The van der Waals surface area contributed by atoms with Gasteiger partial charge in [0.15, 0.2) is 5.78 Å². The van der Waals surface area contributed by atoms with Crippen LogP contribution in [-0.4, -0.2) is 38.7 Å². The van der Waals surface area contributed by atoms with Gasteiger partial charge in [0, 0.05) is 24.6 Å². The molecule has 25 heavy (non-hydrogen) atoms. The molecule has 0 aliphatic carbocycles. The Morgan fingerprint density at radius 3 is 2.16 bits per heavy atom. The molecule has 1 heterocycles. The number of carbonyl (C=O) groups excluding carboxylic acids is 1. The molecule has 1 aliphatic heterocycles. The van der Waals surface area contributed by atoms with Crippen molar-refractivity contribution in [3.05, 3.63) is 60.2 Å². The van der Waals surface area contributed by atoms with Crippen molar-refractivity contribution in [2.75, 3.05) is 20.2 Å². The number of methoxy groups -OCH3 is 1. The minimum atomic E-state index is -3.53. The first-order valence-electron chi connectivity index (χ1n) is 8.26. The number of nitrogens with zero attached hydrogens (tertiary/aromatic N) is 1. The molecule has 0 aromatic heterocycles. The maximum Gasteiger partial charge on any atom is 0.243 e. The van der Waals surface area contributed by atoms with Gasteiger partial charge in [-0.15, -0.1) is 0 Å². The highest BCUT2D eigenvalue weighted by atomic mass is 32.2. The maximum absolute atomic E-state index is 12.7. The lowest BCUT2D eigenvalue weighted by atomic mass is 9.90. The van der Waals surface area contributed by atoms with E-state index in [0.717, 1.165) is 0 Å². The van der Waals surface area contributed by atoms with Crippen molar-refractivity contribution in [3.8, 4) is 5.75 Å². The van der Waals surface area contributed by atoms with Crippen molar-refractivity contribution >= 4 is 15.8 Å². The van der Waals surface area contributed by atoms with Crippen LogP contribution in [0.4, 0.5) is 0 Å². The van der Waals surface area contributed by atoms with E-state index in [1.807, 2.05) is 30.3 Å². The summed E-state index contributed by atoms with van der Waals surface area (Å²) in [6.07, 6.45) is 1.09. The van der Waals surface area contributed by atoms with E-state index in [0.29, 0.717) is 37.2 Å². The van der Waals surface area contributed by atoms with Gasteiger partial charge in [-0.25, -0.2) is 8.42 Å². The molecule has 0 N–H and O–H groups in total. The number of sulfonamides is 1. The van der Waals surface area contributed by atoms with E-state index >= 15 is 0 Å². The summed E-state index contributed by atoms with van der Waals surface area (Å²) in [5, 5.41) is 0. The molecule has 0 saturated carbocycles. The van der Waals surface area contributed by atoms with Crippen LogP contribution in [-0.2, 0) is 10.0 Å². The molecule has 0 radical (unpaired) electrons. The summed E-state index contributed by atoms with van der Waals surface area (Å²) in [4.78, 5) is 12.8. The number of Topliss-reactive ketones (excluding diaryl/α,β-unsaturated/α-hetero) is 1. The van der Waals surface area contributed by atoms with Crippen molar-refractivity contribution in [2.24, 2.45) is 5.92 Å². The molecule has 0 amide bonds. The normalized spacial score (nSPS) is 16.5. The number of rotatable bonds is 5. The second-order valence-corrected chi connectivity index (χ2v) is 8.02. The summed E-state index contributed by atoms with van der Waals surface area (Å²) in [7, 11) is -1.99. The SMILES string of the molecule is COc1ccc(S(=O)(=O)N2CCC(C(=O)c3ccccc3)CC2)cc1. The van der Waals surface area contributed by atoms with Gasteiger partial charge < -0.3 is 4.74 Å². The third kappa shape index (κ3) is 3.75. The highest BCUT2D eigenvalue weighted by Crippen LogP contribution is 2.27. The van der Waals surface area contributed by atoms with Crippen LogP contribution in [0.5, 0.6) is 5.75 Å². The van der Waals surface area contributed by atoms with E-state index in [1.54, 1.807) is 24.3 Å². The molecule has 3 rings (SSSR count). The van der Waals surface area contributed by atoms with Gasteiger partial charge in [-0.05, 0) is 37.1 Å². The van der Waals surface area contributed by atoms with Crippen molar-refractivity contribution in [2.45, 2.75) is 17.7 Å². The Morgan fingerprint density at radius 2 is 1.60 bits per heavy atom. The number of ketones is 1. The molecule has 2 aromatic rings. The number of ether oxygens (including phenoxy) is 1. The predicted octanol–water partition coefficient (Wildman–Crippen LogP) is 2.98. The van der Waals surface area contributed by atoms with Crippen LogP contribution in [0.15, 0.2) is 59.5 Å². The Balaban J connectivity index is 1.67. The third-order valence-electron chi connectivity index (χ3n) is 4.58. The highest BCUT2D eigenvalue weighted by molar-refractivity contribution is 7.89. The number of hydrogen-bond donors (Lipinski definition) is 0. The van der Waals surface area contributed by atoms with Crippen molar-refractivity contribution < 1.29 is 17.9 Å². The summed E-state index contributed by atoms with van der Waals surface area (Å²) < 4.78 is 32.0. The van der Waals surface area contributed by atoms with Crippen LogP contribution in [0.3, 0.4) is 0 Å². The number of benzene rings is 2. The van der Waals surface area contributed by atoms with Gasteiger partial charge in [-0.3, -0.25) is 4.79 Å². The molecule has 1 saturated heterocycles. The number of piperidine rings is 1. The lowest BCUT2D eigenvalue weighted by molar-refractivity contribution is 0.0875. The summed E-state index contributed by atoms with van der Waals surface area (Å²) in [5.74, 6) is 0.595. The molecule has 1 aliphatic rings. The molecule has 0 bridgehead atoms. The van der Waals surface area contributed by atoms with Gasteiger partial charge in [-0.1, -0.05) is 30.3 Å². The molecular weight excluding hydrogens is 338 g/mol. The van der Waals surface area contributed by atoms with Gasteiger partial charge >= 0.3 is 0 Å². The standard InChI is InChI=1S/C19H21NO4S/c1-24-17-7-9-18(10-8-17)25(22,23)20-13-11-16(12-14-20)19(21)15-5-3-2-4-6-15/h2-10,16H,11-14H2,1H3. The Labute approximate surface area is 148 Å². The fourth-order valence-corrected chi connectivity index (χ4v) is 4.56. The van der Waals surface area contributed by atoms with Gasteiger partial charge in [0.1, 0.15) is 5.75 Å². The second-order valence-electron chi connectivity index (χ2n) is 6.08. The Morgan fingerprint density at radius 1 is 1.00 bits per heavy atom. The predicted molar refractivity (Wildman–Crippen MR) is 95.2 cm³/mol. The van der Waals surface area contributed by atoms with Crippen LogP contribution in [0.1, 0.15) is 23.2 Å². The van der Waals surface area contributed by atoms with Gasteiger partial charge in [0.25, 0.3) is 0 Å². The molecule has 0 unspecified atom stereocenters. The minimum absolute atomic E-state index is 0.0992. The van der Waals surface area contributed by atoms with Crippen LogP contribution >= 0.6 is 0 Å². The van der Waals surface area contributed by atoms with E-state index in [2.05, 4.69) is 0 Å². The maximum atomic E-state index is 12.7. The van der Waals surface area contributed by atoms with Crippen LogP contribution in [0, 0.1) is 5.92 Å². The van der Waals surface area contributed by atoms with E-state index in [-0.39, 0.29) is 16.6 Å². The number of hydrogen-bond acceptors (Lipinski definition) is 4. The Kier molecular flexibility index (Phi) is 5.20. The Hall–Kier alpha value is -2.18. The largest absolute Gasteiger partial charge is 0.497 e. The first-order chi connectivity index (χ1) is 12.0. The van der Waals surface area contributed by atoms with Crippen molar-refractivity contribution in [1.82, 2.24) is 4.31 Å². The zero-order valence-electron chi connectivity index (χ0n) is 14.1. The molecule has 6 heteroatoms. The molecule has 1 fully saturated rings. The molecule has 5 nitrogen and oxygen atoms in total. The van der Waals surface area contributed by atoms with E-state index in [1.165, 1.54) is 11.4 Å². The van der Waals surface area contributed by atoms with Crippen LogP contribution < -0.4 is 4.74 Å². The Bertz CT molecular complexity index is 823. The quantitative estimate of drug-likeness (QED) is 0.770. The average molecular weight is 359 g/mol. The van der Waals surface area contributed by atoms with Gasteiger partial charge in [0.2, 0.25) is 10.0 Å². The van der Waals surface area contributed by atoms with Crippen molar-refractivity contribution in [3.63, 3.8) is 0 Å². The lowest BCUT2D eigenvalue weighted by Gasteiger charge is -2.30. The number of carbonyl (C=O) groups is 1. The minimum Gasteiger partial charge on any atom is -0.497 e. The topological polar surface area (TPSA) is 63.7 Å². The molecule has 132 valence electrons. The zero-order valence-corrected chi connectivity index (χ0v) is 14.9. The molecule has 0 atom stereocenters. The first-order valence-corrected chi connectivity index (χ1v) is 9.70. The molecule has 2 aromatic carbocycles. The van der Waals surface area contributed by atoms with Gasteiger partial charge in [0.05, 0.1) is 12.0 Å². The third-order valence-corrected chi connectivity index (χ3v) is 6.49. The second kappa shape index (κ2) is 7.37. The van der Waals surface area contributed by atoms with Crippen molar-refractivity contribution in [1.29, 1.82) is 0 Å². The van der Waals surface area contributed by atoms with Crippen LogP contribution in [0.2, 0.25) is 0 Å². The lowest BCUT2D eigenvalue weighted by Crippen LogP contribution is -2.40. The van der Waals surface area contributed by atoms with E-state index in [4.69, 9.17) is 4.74 Å². The fourth-order valence-electron chi connectivity index (χ4n) is 3.09. The van der Waals surface area contributed by atoms with Gasteiger partial charge in [-0.2, -0.15) is 4.31 Å². The summed E-state index contributed by atoms with van der Waals surface area (Å²) in [5.41, 5.74) is 0.693. The first kappa shape index (κ1) is 17.6. The summed E-state index contributed by atoms with van der Waals surface area (Å²) in [6, 6.07) is 15.6. The van der Waals surface area contributed by atoms with E-state index < -0.39 is 10.0 Å². The fraction of sp³-hybridized carbons (Fsp3) is 0.316. The summed E-state index contributed by atoms with van der Waals surface area (Å²) in [6.45, 7) is 0.717. The van der Waals surface area contributed by atoms with E-state index in [9.17, 15) is 13.2 Å². The molecule has 0 spiro atoms. The average Bonchev–Trinajstić information content (AvgIpc) is 2.68.